The van der Waals surface area contributed by atoms with Crippen molar-refractivity contribution in [1.82, 2.24) is 4.98 Å². The van der Waals surface area contributed by atoms with Crippen LogP contribution >= 0.6 is 0 Å². The van der Waals surface area contributed by atoms with E-state index < -0.39 is 0 Å². The van der Waals surface area contributed by atoms with Gasteiger partial charge in [-0.2, -0.15) is 0 Å². The highest BCUT2D eigenvalue weighted by atomic mass is 16.2. The molecular formula is C20H19N3O2. The largest absolute Gasteiger partial charge is 0.361 e. The van der Waals surface area contributed by atoms with Crippen LogP contribution in [0, 0.1) is 11.8 Å². The van der Waals surface area contributed by atoms with Crippen LogP contribution in [-0.2, 0) is 4.79 Å². The van der Waals surface area contributed by atoms with E-state index in [0.717, 1.165) is 23.0 Å². The van der Waals surface area contributed by atoms with Crippen LogP contribution in [0.15, 0.2) is 54.7 Å². The van der Waals surface area contributed by atoms with Crippen molar-refractivity contribution < 1.29 is 9.59 Å². The molecule has 5 nitrogen and oxygen atoms in total. The number of rotatable bonds is 4. The molecule has 1 aliphatic carbocycles. The predicted octanol–water partition coefficient (Wildman–Crippen LogP) is 4.01. The Labute approximate surface area is 145 Å². The van der Waals surface area contributed by atoms with Crippen LogP contribution in [-0.4, -0.2) is 16.8 Å². The Balaban J connectivity index is 1.51. The van der Waals surface area contributed by atoms with Gasteiger partial charge in [-0.3, -0.25) is 9.59 Å². The number of benzene rings is 2. The molecule has 5 heteroatoms. The third kappa shape index (κ3) is 3.13. The summed E-state index contributed by atoms with van der Waals surface area (Å²) in [6, 6.07) is 14.7. The molecule has 2 amide bonds. The molecule has 1 saturated carbocycles. The highest BCUT2D eigenvalue weighted by Gasteiger charge is 2.39. The Morgan fingerprint density at radius 2 is 1.88 bits per heavy atom. The first-order valence-electron chi connectivity index (χ1n) is 8.40. The Bertz CT molecular complexity index is 960. The topological polar surface area (TPSA) is 74.0 Å². The molecule has 2 aromatic carbocycles. The van der Waals surface area contributed by atoms with Gasteiger partial charge in [0.05, 0.1) is 5.69 Å². The van der Waals surface area contributed by atoms with Gasteiger partial charge in [-0.15, -0.1) is 0 Å². The number of aromatic amines is 1. The first-order valence-corrected chi connectivity index (χ1v) is 8.40. The molecule has 1 aromatic heterocycles. The molecule has 0 unspecified atom stereocenters. The smallest absolute Gasteiger partial charge is 0.255 e. The maximum absolute atomic E-state index is 12.6. The zero-order chi connectivity index (χ0) is 17.4. The van der Waals surface area contributed by atoms with E-state index in [1.807, 2.05) is 30.5 Å². The third-order valence-electron chi connectivity index (χ3n) is 4.68. The van der Waals surface area contributed by atoms with Crippen LogP contribution in [0.1, 0.15) is 23.7 Å². The average molecular weight is 333 g/mol. The summed E-state index contributed by atoms with van der Waals surface area (Å²) in [5.41, 5.74) is 2.88. The molecule has 0 bridgehead atoms. The minimum atomic E-state index is -0.204. The number of aromatic nitrogens is 1. The van der Waals surface area contributed by atoms with E-state index in [0.29, 0.717) is 17.2 Å². The fourth-order valence-corrected chi connectivity index (χ4v) is 3.05. The summed E-state index contributed by atoms with van der Waals surface area (Å²) < 4.78 is 0. The number of amides is 2. The van der Waals surface area contributed by atoms with Gasteiger partial charge in [-0.25, -0.2) is 0 Å². The summed E-state index contributed by atoms with van der Waals surface area (Å²) in [6.07, 6.45) is 2.78. The van der Waals surface area contributed by atoms with Crippen LogP contribution in [0.4, 0.5) is 11.4 Å². The molecule has 1 heterocycles. The number of carbonyl (C=O) groups excluding carboxylic acids is 2. The highest BCUT2D eigenvalue weighted by molar-refractivity contribution is 6.09. The highest BCUT2D eigenvalue weighted by Crippen LogP contribution is 2.38. The molecule has 3 N–H and O–H groups in total. The zero-order valence-corrected chi connectivity index (χ0v) is 13.9. The van der Waals surface area contributed by atoms with E-state index in [1.54, 1.807) is 24.3 Å². The minimum absolute atomic E-state index is 0.0298. The minimum Gasteiger partial charge on any atom is -0.361 e. The maximum atomic E-state index is 12.6. The number of nitrogens with one attached hydrogen (secondary N) is 3. The van der Waals surface area contributed by atoms with Crippen molar-refractivity contribution in [3.8, 4) is 0 Å². The summed E-state index contributed by atoms with van der Waals surface area (Å²) in [6.45, 7) is 2.07. The van der Waals surface area contributed by atoms with E-state index in [9.17, 15) is 9.59 Å². The van der Waals surface area contributed by atoms with E-state index >= 15 is 0 Å². The molecular weight excluding hydrogens is 314 g/mol. The first kappa shape index (κ1) is 15.4. The number of hydrogen-bond donors (Lipinski definition) is 3. The molecule has 3 aromatic rings. The fourth-order valence-electron chi connectivity index (χ4n) is 3.05. The van der Waals surface area contributed by atoms with Crippen LogP contribution < -0.4 is 10.6 Å². The van der Waals surface area contributed by atoms with E-state index in [2.05, 4.69) is 22.5 Å². The van der Waals surface area contributed by atoms with Gasteiger partial charge in [0.15, 0.2) is 0 Å². The SMILES string of the molecule is C[C@@H]1C[C@H]1C(=O)Nc1cccc(C(=O)Nc2cccc3[nH]ccc23)c1. The Morgan fingerprint density at radius 1 is 1.08 bits per heavy atom. The standard InChI is InChI=1S/C20H19N3O2/c1-12-10-16(12)20(25)22-14-5-2-4-13(11-14)19(24)23-18-7-3-6-17-15(18)8-9-21-17/h2-9,11-12,16,21H,10H2,1H3,(H,22,25)(H,23,24)/t12-,16-/m1/s1. The molecule has 2 atom stereocenters. The molecule has 0 spiro atoms. The van der Waals surface area contributed by atoms with Gasteiger partial charge in [0.1, 0.15) is 0 Å². The van der Waals surface area contributed by atoms with Gasteiger partial charge in [0, 0.05) is 34.3 Å². The summed E-state index contributed by atoms with van der Waals surface area (Å²) >= 11 is 0. The lowest BCUT2D eigenvalue weighted by molar-refractivity contribution is -0.117. The van der Waals surface area contributed by atoms with Crippen LogP contribution in [0.3, 0.4) is 0 Å². The second kappa shape index (κ2) is 6.09. The lowest BCUT2D eigenvalue weighted by atomic mass is 10.1. The molecule has 25 heavy (non-hydrogen) atoms. The average Bonchev–Trinajstić information content (AvgIpc) is 3.15. The van der Waals surface area contributed by atoms with Gasteiger partial charge >= 0.3 is 0 Å². The predicted molar refractivity (Wildman–Crippen MR) is 98.6 cm³/mol. The molecule has 0 aliphatic heterocycles. The quantitative estimate of drug-likeness (QED) is 0.675. The molecule has 4 rings (SSSR count). The van der Waals surface area contributed by atoms with Crippen molar-refractivity contribution in [2.75, 3.05) is 10.6 Å². The van der Waals surface area contributed by atoms with Crippen molar-refractivity contribution in [3.05, 3.63) is 60.3 Å². The maximum Gasteiger partial charge on any atom is 0.255 e. The van der Waals surface area contributed by atoms with E-state index in [4.69, 9.17) is 0 Å². The van der Waals surface area contributed by atoms with E-state index in [-0.39, 0.29) is 17.7 Å². The summed E-state index contributed by atoms with van der Waals surface area (Å²) in [7, 11) is 0. The molecule has 1 fully saturated rings. The number of carbonyl (C=O) groups is 2. The summed E-state index contributed by atoms with van der Waals surface area (Å²) in [5.74, 6) is 0.378. The van der Waals surface area contributed by atoms with Gasteiger partial charge in [0.2, 0.25) is 5.91 Å². The second-order valence-corrected chi connectivity index (χ2v) is 6.59. The van der Waals surface area contributed by atoms with Crippen molar-refractivity contribution >= 4 is 34.1 Å². The van der Waals surface area contributed by atoms with Crippen molar-refractivity contribution in [1.29, 1.82) is 0 Å². The molecule has 1 aliphatic rings. The normalized spacial score (nSPS) is 18.8. The van der Waals surface area contributed by atoms with Gasteiger partial charge in [0.25, 0.3) is 5.91 Å². The van der Waals surface area contributed by atoms with Crippen molar-refractivity contribution in [3.63, 3.8) is 0 Å². The lowest BCUT2D eigenvalue weighted by Crippen LogP contribution is -2.16. The number of hydrogen-bond acceptors (Lipinski definition) is 2. The lowest BCUT2D eigenvalue weighted by Gasteiger charge is -2.09. The van der Waals surface area contributed by atoms with Gasteiger partial charge in [-0.1, -0.05) is 19.1 Å². The van der Waals surface area contributed by atoms with Gasteiger partial charge < -0.3 is 15.6 Å². The van der Waals surface area contributed by atoms with Crippen molar-refractivity contribution in [2.45, 2.75) is 13.3 Å². The first-order chi connectivity index (χ1) is 12.1. The Hall–Kier alpha value is -3.08. The van der Waals surface area contributed by atoms with Gasteiger partial charge in [-0.05, 0) is 48.7 Å². The monoisotopic (exact) mass is 333 g/mol. The number of H-pyrrole nitrogens is 1. The molecule has 0 radical (unpaired) electrons. The van der Waals surface area contributed by atoms with Crippen LogP contribution in [0.2, 0.25) is 0 Å². The number of anilines is 2. The second-order valence-electron chi connectivity index (χ2n) is 6.59. The summed E-state index contributed by atoms with van der Waals surface area (Å²) in [4.78, 5) is 27.8. The fraction of sp³-hybridized carbons (Fsp3) is 0.200. The van der Waals surface area contributed by atoms with E-state index in [1.165, 1.54) is 0 Å². The Morgan fingerprint density at radius 3 is 2.68 bits per heavy atom. The number of fused-ring (bicyclic) bond motifs is 1. The Kier molecular flexibility index (Phi) is 3.76. The molecule has 0 saturated heterocycles. The van der Waals surface area contributed by atoms with Crippen molar-refractivity contribution in [2.24, 2.45) is 11.8 Å². The van der Waals surface area contributed by atoms with Crippen LogP contribution in [0.5, 0.6) is 0 Å². The van der Waals surface area contributed by atoms with Crippen LogP contribution in [0.25, 0.3) is 10.9 Å². The molecule has 126 valence electrons. The summed E-state index contributed by atoms with van der Waals surface area (Å²) in [5, 5.41) is 6.79. The zero-order valence-electron chi connectivity index (χ0n) is 13.9. The third-order valence-corrected chi connectivity index (χ3v) is 4.68.